The first kappa shape index (κ1) is 16.6. The van der Waals surface area contributed by atoms with E-state index < -0.39 is 0 Å². The smallest absolute Gasteiger partial charge is 0.161 e. The van der Waals surface area contributed by atoms with E-state index in [1.807, 2.05) is 36.4 Å². The Morgan fingerprint density at radius 2 is 1.58 bits per heavy atom. The normalized spacial score (nSPS) is 11.2. The van der Waals surface area contributed by atoms with E-state index in [1.54, 1.807) is 32.5 Å². The Morgan fingerprint density at radius 3 is 2.25 bits per heavy atom. The molecule has 0 N–H and O–H groups in total. The summed E-state index contributed by atoms with van der Waals surface area (Å²) in [6.07, 6.45) is 5.51. The lowest BCUT2D eigenvalue weighted by Gasteiger charge is -2.10. The molecule has 0 radical (unpaired) electrons. The maximum atomic E-state index is 6.21. The van der Waals surface area contributed by atoms with Crippen LogP contribution in [0, 0.1) is 0 Å². The number of fused-ring (bicyclic) bond motifs is 1. The third-order valence-corrected chi connectivity index (χ3v) is 4.37. The SMILES string of the molecule is COc1cc2ccnc(C=Cc3c(Cl)cccc3Cl)c2cc1OC. The van der Waals surface area contributed by atoms with Crippen LogP contribution in [0.25, 0.3) is 22.9 Å². The molecule has 0 saturated carbocycles. The summed E-state index contributed by atoms with van der Waals surface area (Å²) >= 11 is 12.4. The average Bonchev–Trinajstić information content (AvgIpc) is 2.60. The zero-order valence-corrected chi connectivity index (χ0v) is 14.7. The van der Waals surface area contributed by atoms with E-state index in [0.29, 0.717) is 21.5 Å². The molecule has 1 aromatic heterocycles. The fraction of sp³-hybridized carbons (Fsp3) is 0.105. The molecule has 122 valence electrons. The second-order valence-corrected chi connectivity index (χ2v) is 5.91. The van der Waals surface area contributed by atoms with E-state index >= 15 is 0 Å². The Bertz CT molecular complexity index is 902. The molecule has 0 spiro atoms. The molecule has 0 amide bonds. The van der Waals surface area contributed by atoms with Crippen molar-refractivity contribution in [1.82, 2.24) is 4.98 Å². The van der Waals surface area contributed by atoms with Crippen molar-refractivity contribution in [2.45, 2.75) is 0 Å². The Labute approximate surface area is 150 Å². The number of benzene rings is 2. The third-order valence-electron chi connectivity index (χ3n) is 3.71. The van der Waals surface area contributed by atoms with Gasteiger partial charge in [0.2, 0.25) is 0 Å². The first-order chi connectivity index (χ1) is 11.6. The lowest BCUT2D eigenvalue weighted by molar-refractivity contribution is 0.356. The maximum Gasteiger partial charge on any atom is 0.161 e. The minimum absolute atomic E-state index is 0.596. The summed E-state index contributed by atoms with van der Waals surface area (Å²) in [4.78, 5) is 4.44. The van der Waals surface area contributed by atoms with Crippen LogP contribution in [-0.2, 0) is 0 Å². The minimum Gasteiger partial charge on any atom is -0.493 e. The fourth-order valence-electron chi connectivity index (χ4n) is 2.49. The second kappa shape index (κ2) is 7.12. The number of nitrogens with zero attached hydrogens (tertiary/aromatic N) is 1. The van der Waals surface area contributed by atoms with Crippen molar-refractivity contribution in [2.24, 2.45) is 0 Å². The summed E-state index contributed by atoms with van der Waals surface area (Å²) in [5, 5.41) is 3.15. The first-order valence-electron chi connectivity index (χ1n) is 7.27. The first-order valence-corrected chi connectivity index (χ1v) is 8.02. The Kier molecular flexibility index (Phi) is 4.93. The lowest BCUT2D eigenvalue weighted by atomic mass is 10.1. The van der Waals surface area contributed by atoms with Gasteiger partial charge >= 0.3 is 0 Å². The van der Waals surface area contributed by atoms with Crippen molar-refractivity contribution in [1.29, 1.82) is 0 Å². The summed E-state index contributed by atoms with van der Waals surface area (Å²) in [6, 6.07) is 11.2. The molecule has 0 saturated heterocycles. The maximum absolute atomic E-state index is 6.21. The molecule has 3 aromatic rings. The van der Waals surface area contributed by atoms with Crippen LogP contribution in [-0.4, -0.2) is 19.2 Å². The van der Waals surface area contributed by atoms with Crippen LogP contribution in [0.5, 0.6) is 11.5 Å². The standard InChI is InChI=1S/C19H15Cl2NO2/c1-23-18-10-12-8-9-22-17(14(12)11-19(18)24-2)7-6-13-15(20)4-3-5-16(13)21/h3-11H,1-2H3. The highest BCUT2D eigenvalue weighted by molar-refractivity contribution is 6.37. The van der Waals surface area contributed by atoms with Crippen LogP contribution >= 0.6 is 23.2 Å². The van der Waals surface area contributed by atoms with Crippen LogP contribution in [0.4, 0.5) is 0 Å². The average molecular weight is 360 g/mol. The van der Waals surface area contributed by atoms with Crippen LogP contribution in [0.15, 0.2) is 42.6 Å². The van der Waals surface area contributed by atoms with Gasteiger partial charge in [-0.25, -0.2) is 0 Å². The van der Waals surface area contributed by atoms with Crippen molar-refractivity contribution < 1.29 is 9.47 Å². The highest BCUT2D eigenvalue weighted by Crippen LogP contribution is 2.34. The summed E-state index contributed by atoms with van der Waals surface area (Å²) in [5.41, 5.74) is 1.56. The molecular weight excluding hydrogens is 345 g/mol. The number of halogens is 2. The van der Waals surface area contributed by atoms with Crippen LogP contribution in [0.3, 0.4) is 0 Å². The van der Waals surface area contributed by atoms with Gasteiger partial charge in [0, 0.05) is 27.2 Å². The second-order valence-electron chi connectivity index (χ2n) is 5.09. The number of ether oxygens (including phenoxy) is 2. The summed E-state index contributed by atoms with van der Waals surface area (Å²) in [6.45, 7) is 0. The number of methoxy groups -OCH3 is 2. The van der Waals surface area contributed by atoms with Gasteiger partial charge in [0.1, 0.15) is 0 Å². The van der Waals surface area contributed by atoms with Gasteiger partial charge in [-0.05, 0) is 47.9 Å². The molecule has 3 nitrogen and oxygen atoms in total. The Morgan fingerprint density at radius 1 is 0.917 bits per heavy atom. The monoisotopic (exact) mass is 359 g/mol. The quantitative estimate of drug-likeness (QED) is 0.595. The van der Waals surface area contributed by atoms with Crippen molar-refractivity contribution in [3.63, 3.8) is 0 Å². The molecule has 1 heterocycles. The largest absolute Gasteiger partial charge is 0.493 e. The van der Waals surface area contributed by atoms with Gasteiger partial charge in [-0.2, -0.15) is 0 Å². The van der Waals surface area contributed by atoms with Crippen molar-refractivity contribution >= 4 is 46.1 Å². The molecule has 0 aliphatic rings. The highest BCUT2D eigenvalue weighted by Gasteiger charge is 2.09. The van der Waals surface area contributed by atoms with Crippen molar-refractivity contribution in [3.8, 4) is 11.5 Å². The van der Waals surface area contributed by atoms with Gasteiger partial charge in [0.05, 0.1) is 19.9 Å². The van der Waals surface area contributed by atoms with Gasteiger partial charge in [-0.15, -0.1) is 0 Å². The zero-order valence-electron chi connectivity index (χ0n) is 13.2. The van der Waals surface area contributed by atoms with Crippen LogP contribution in [0.2, 0.25) is 10.0 Å². The predicted octanol–water partition coefficient (Wildman–Crippen LogP) is 5.73. The van der Waals surface area contributed by atoms with Gasteiger partial charge in [-0.3, -0.25) is 4.98 Å². The molecule has 24 heavy (non-hydrogen) atoms. The number of hydrogen-bond acceptors (Lipinski definition) is 3. The Hall–Kier alpha value is -2.23. The number of rotatable bonds is 4. The Balaban J connectivity index is 2.11. The van der Waals surface area contributed by atoms with E-state index in [-0.39, 0.29) is 0 Å². The topological polar surface area (TPSA) is 31.4 Å². The van der Waals surface area contributed by atoms with E-state index in [4.69, 9.17) is 32.7 Å². The molecule has 0 bridgehead atoms. The lowest BCUT2D eigenvalue weighted by Crippen LogP contribution is -1.92. The molecular formula is C19H15Cl2NO2. The molecule has 0 aliphatic heterocycles. The molecule has 2 aromatic carbocycles. The zero-order chi connectivity index (χ0) is 17.1. The van der Waals surface area contributed by atoms with Gasteiger partial charge in [0.15, 0.2) is 11.5 Å². The van der Waals surface area contributed by atoms with Gasteiger partial charge in [0.25, 0.3) is 0 Å². The van der Waals surface area contributed by atoms with Gasteiger partial charge < -0.3 is 9.47 Å². The van der Waals surface area contributed by atoms with Crippen molar-refractivity contribution in [3.05, 3.63) is 63.9 Å². The number of pyridine rings is 1. The molecule has 5 heteroatoms. The third kappa shape index (κ3) is 3.18. The van der Waals surface area contributed by atoms with E-state index in [2.05, 4.69) is 4.98 Å². The molecule has 0 aliphatic carbocycles. The fourth-order valence-corrected chi connectivity index (χ4v) is 3.01. The minimum atomic E-state index is 0.596. The molecule has 3 rings (SSSR count). The summed E-state index contributed by atoms with van der Waals surface area (Å²) in [7, 11) is 3.23. The van der Waals surface area contributed by atoms with Crippen LogP contribution < -0.4 is 9.47 Å². The summed E-state index contributed by atoms with van der Waals surface area (Å²) in [5.74, 6) is 1.34. The predicted molar refractivity (Wildman–Crippen MR) is 100 cm³/mol. The van der Waals surface area contributed by atoms with E-state index in [0.717, 1.165) is 22.0 Å². The molecule has 0 unspecified atom stereocenters. The molecule has 0 fully saturated rings. The number of aromatic nitrogens is 1. The molecule has 0 atom stereocenters. The van der Waals surface area contributed by atoms with Gasteiger partial charge in [-0.1, -0.05) is 29.3 Å². The highest BCUT2D eigenvalue weighted by atomic mass is 35.5. The van der Waals surface area contributed by atoms with Crippen molar-refractivity contribution in [2.75, 3.05) is 14.2 Å². The summed E-state index contributed by atoms with van der Waals surface area (Å²) < 4.78 is 10.7. The van der Waals surface area contributed by atoms with E-state index in [9.17, 15) is 0 Å². The van der Waals surface area contributed by atoms with E-state index in [1.165, 1.54) is 0 Å². The number of hydrogen-bond donors (Lipinski definition) is 0. The van der Waals surface area contributed by atoms with Crippen LogP contribution in [0.1, 0.15) is 11.3 Å².